The fraction of sp³-hybridized carbons (Fsp3) is 0.300. The standard InChI is InChI=1S/C20H21NO3/c1-2-24-18-9-7-17(8-10-18)20(12-13-20)21-19(23)16-5-3-15(4-6-16)11-14-22/h3-10,14H,2,11-13H2,1H3,(H,21,23). The molecular formula is C20H21NO3. The van der Waals surface area contributed by atoms with Crippen molar-refractivity contribution in [1.82, 2.24) is 5.32 Å². The summed E-state index contributed by atoms with van der Waals surface area (Å²) in [4.78, 5) is 23.0. The lowest BCUT2D eigenvalue weighted by Crippen LogP contribution is -2.34. The first kappa shape index (κ1) is 16.2. The van der Waals surface area contributed by atoms with Crippen molar-refractivity contribution in [3.8, 4) is 5.75 Å². The molecule has 1 aliphatic rings. The van der Waals surface area contributed by atoms with Gasteiger partial charge in [-0.05, 0) is 55.2 Å². The van der Waals surface area contributed by atoms with Crippen LogP contribution in [0, 0.1) is 0 Å². The van der Waals surface area contributed by atoms with Crippen molar-refractivity contribution in [1.29, 1.82) is 0 Å². The van der Waals surface area contributed by atoms with Crippen LogP contribution in [-0.2, 0) is 16.8 Å². The molecule has 0 atom stereocenters. The van der Waals surface area contributed by atoms with Gasteiger partial charge in [-0.15, -0.1) is 0 Å². The molecule has 4 nitrogen and oxygen atoms in total. The lowest BCUT2D eigenvalue weighted by Gasteiger charge is -2.18. The van der Waals surface area contributed by atoms with Gasteiger partial charge in [-0.1, -0.05) is 24.3 Å². The zero-order valence-corrected chi connectivity index (χ0v) is 13.7. The molecule has 0 radical (unpaired) electrons. The Morgan fingerprint density at radius 3 is 2.33 bits per heavy atom. The van der Waals surface area contributed by atoms with E-state index in [4.69, 9.17) is 4.74 Å². The molecule has 24 heavy (non-hydrogen) atoms. The van der Waals surface area contributed by atoms with Gasteiger partial charge in [-0.25, -0.2) is 0 Å². The SMILES string of the molecule is CCOc1ccc(C2(NC(=O)c3ccc(CC=O)cc3)CC2)cc1. The first-order valence-corrected chi connectivity index (χ1v) is 8.25. The lowest BCUT2D eigenvalue weighted by atomic mass is 10.0. The van der Waals surface area contributed by atoms with Crippen LogP contribution < -0.4 is 10.1 Å². The number of carbonyl (C=O) groups is 2. The molecule has 2 aromatic rings. The largest absolute Gasteiger partial charge is 0.494 e. The number of benzene rings is 2. The number of nitrogens with one attached hydrogen (secondary N) is 1. The molecule has 4 heteroatoms. The number of hydrogen-bond donors (Lipinski definition) is 1. The van der Waals surface area contributed by atoms with Gasteiger partial charge < -0.3 is 14.8 Å². The van der Waals surface area contributed by atoms with Crippen LogP contribution in [0.3, 0.4) is 0 Å². The Kier molecular flexibility index (Phi) is 4.65. The van der Waals surface area contributed by atoms with Gasteiger partial charge in [0.1, 0.15) is 12.0 Å². The van der Waals surface area contributed by atoms with Crippen molar-refractivity contribution in [2.45, 2.75) is 31.7 Å². The Bertz CT molecular complexity index is 716. The molecule has 2 aromatic carbocycles. The zero-order chi connectivity index (χ0) is 17.0. The van der Waals surface area contributed by atoms with E-state index in [1.807, 2.05) is 43.3 Å². The molecule has 3 rings (SSSR count). The van der Waals surface area contributed by atoms with Crippen LogP contribution >= 0.6 is 0 Å². The molecule has 1 fully saturated rings. The third-order valence-electron chi connectivity index (χ3n) is 4.36. The fourth-order valence-electron chi connectivity index (χ4n) is 2.83. The Morgan fingerprint density at radius 1 is 1.12 bits per heavy atom. The molecule has 0 aromatic heterocycles. The van der Waals surface area contributed by atoms with Crippen LogP contribution in [0.2, 0.25) is 0 Å². The summed E-state index contributed by atoms with van der Waals surface area (Å²) >= 11 is 0. The molecule has 0 spiro atoms. The summed E-state index contributed by atoms with van der Waals surface area (Å²) in [6, 6.07) is 15.1. The average molecular weight is 323 g/mol. The number of amides is 1. The van der Waals surface area contributed by atoms with E-state index in [1.54, 1.807) is 12.1 Å². The Morgan fingerprint density at radius 2 is 1.79 bits per heavy atom. The third-order valence-corrected chi connectivity index (χ3v) is 4.36. The molecule has 0 saturated heterocycles. The van der Waals surface area contributed by atoms with Crippen molar-refractivity contribution in [3.63, 3.8) is 0 Å². The van der Waals surface area contributed by atoms with Crippen LogP contribution in [0.1, 0.15) is 41.3 Å². The second-order valence-electron chi connectivity index (χ2n) is 6.06. The maximum atomic E-state index is 12.5. The molecule has 0 bridgehead atoms. The molecule has 1 N–H and O–H groups in total. The van der Waals surface area contributed by atoms with Crippen molar-refractivity contribution < 1.29 is 14.3 Å². The average Bonchev–Trinajstić information content (AvgIpc) is 3.37. The molecule has 0 unspecified atom stereocenters. The number of ether oxygens (including phenoxy) is 1. The Balaban J connectivity index is 1.69. The highest BCUT2D eigenvalue weighted by atomic mass is 16.5. The lowest BCUT2D eigenvalue weighted by molar-refractivity contribution is -0.107. The summed E-state index contributed by atoms with van der Waals surface area (Å²) < 4.78 is 5.46. The molecule has 0 heterocycles. The zero-order valence-electron chi connectivity index (χ0n) is 13.7. The number of hydrogen-bond acceptors (Lipinski definition) is 3. The summed E-state index contributed by atoms with van der Waals surface area (Å²) in [6.45, 7) is 2.60. The molecule has 1 aliphatic carbocycles. The van der Waals surface area contributed by atoms with E-state index in [2.05, 4.69) is 5.32 Å². The van der Waals surface area contributed by atoms with Crippen molar-refractivity contribution in [3.05, 3.63) is 65.2 Å². The van der Waals surface area contributed by atoms with Crippen LogP contribution in [0.15, 0.2) is 48.5 Å². The maximum Gasteiger partial charge on any atom is 0.251 e. The van der Waals surface area contributed by atoms with E-state index in [-0.39, 0.29) is 11.4 Å². The Hall–Kier alpha value is -2.62. The predicted octanol–water partition coefficient (Wildman–Crippen LogP) is 3.25. The van der Waals surface area contributed by atoms with Crippen LogP contribution in [0.4, 0.5) is 0 Å². The van der Waals surface area contributed by atoms with Crippen LogP contribution in [0.25, 0.3) is 0 Å². The first-order valence-electron chi connectivity index (χ1n) is 8.25. The summed E-state index contributed by atoms with van der Waals surface area (Å²) in [6.07, 6.45) is 3.12. The minimum absolute atomic E-state index is 0.0842. The van der Waals surface area contributed by atoms with E-state index >= 15 is 0 Å². The summed E-state index contributed by atoms with van der Waals surface area (Å²) in [7, 11) is 0. The highest BCUT2D eigenvalue weighted by molar-refractivity contribution is 5.95. The minimum atomic E-state index is -0.261. The highest BCUT2D eigenvalue weighted by Gasteiger charge is 2.45. The number of carbonyl (C=O) groups excluding carboxylic acids is 2. The van der Waals surface area contributed by atoms with Gasteiger partial charge in [-0.3, -0.25) is 4.79 Å². The van der Waals surface area contributed by atoms with Gasteiger partial charge in [0.2, 0.25) is 0 Å². The molecule has 1 amide bonds. The quantitative estimate of drug-likeness (QED) is 0.796. The summed E-state index contributed by atoms with van der Waals surface area (Å²) in [5.74, 6) is 0.758. The fourth-order valence-corrected chi connectivity index (χ4v) is 2.83. The van der Waals surface area contributed by atoms with E-state index in [1.165, 1.54) is 0 Å². The van der Waals surface area contributed by atoms with Gasteiger partial charge >= 0.3 is 0 Å². The second kappa shape index (κ2) is 6.87. The molecule has 124 valence electrons. The van der Waals surface area contributed by atoms with Crippen LogP contribution in [0.5, 0.6) is 5.75 Å². The van der Waals surface area contributed by atoms with Gasteiger partial charge in [-0.2, -0.15) is 0 Å². The highest BCUT2D eigenvalue weighted by Crippen LogP contribution is 2.46. The van der Waals surface area contributed by atoms with Gasteiger partial charge in [0.15, 0.2) is 0 Å². The predicted molar refractivity (Wildman–Crippen MR) is 92.2 cm³/mol. The molecule has 1 saturated carbocycles. The third kappa shape index (κ3) is 3.48. The van der Waals surface area contributed by atoms with E-state index in [0.717, 1.165) is 36.0 Å². The van der Waals surface area contributed by atoms with E-state index in [9.17, 15) is 9.59 Å². The normalized spacial score (nSPS) is 14.7. The summed E-state index contributed by atoms with van der Waals surface area (Å²) in [5, 5.41) is 3.15. The smallest absolute Gasteiger partial charge is 0.251 e. The van der Waals surface area contributed by atoms with Gasteiger partial charge in [0.05, 0.1) is 12.1 Å². The number of aldehydes is 1. The minimum Gasteiger partial charge on any atom is -0.494 e. The topological polar surface area (TPSA) is 55.4 Å². The molecular weight excluding hydrogens is 302 g/mol. The van der Waals surface area contributed by atoms with Crippen molar-refractivity contribution >= 4 is 12.2 Å². The van der Waals surface area contributed by atoms with E-state index < -0.39 is 0 Å². The second-order valence-corrected chi connectivity index (χ2v) is 6.06. The Labute approximate surface area is 141 Å². The van der Waals surface area contributed by atoms with Crippen LogP contribution in [-0.4, -0.2) is 18.8 Å². The summed E-state index contributed by atoms with van der Waals surface area (Å²) in [5.41, 5.74) is 2.37. The van der Waals surface area contributed by atoms with E-state index in [0.29, 0.717) is 18.6 Å². The van der Waals surface area contributed by atoms with Crippen molar-refractivity contribution in [2.75, 3.05) is 6.61 Å². The first-order chi connectivity index (χ1) is 11.7. The monoisotopic (exact) mass is 323 g/mol. The van der Waals surface area contributed by atoms with Gasteiger partial charge in [0.25, 0.3) is 5.91 Å². The van der Waals surface area contributed by atoms with Crippen molar-refractivity contribution in [2.24, 2.45) is 0 Å². The molecule has 0 aliphatic heterocycles. The number of rotatable bonds is 7. The van der Waals surface area contributed by atoms with Gasteiger partial charge in [0, 0.05) is 12.0 Å². The maximum absolute atomic E-state index is 12.5.